The molecule has 2 aromatic heterocycles. The molecule has 0 N–H and O–H groups in total. The zero-order valence-corrected chi connectivity index (χ0v) is 18.5. The van der Waals surface area contributed by atoms with Crippen LogP contribution >= 0.6 is 35.3 Å². The molecule has 8 heteroatoms. The first-order valence-corrected chi connectivity index (χ1v) is 11.9. The molecule has 5 nitrogen and oxygen atoms in total. The molecule has 0 spiro atoms. The van der Waals surface area contributed by atoms with Gasteiger partial charge < -0.3 is 4.74 Å². The number of aromatic nitrogens is 2. The number of para-hydroxylation sites is 1. The van der Waals surface area contributed by atoms with Crippen molar-refractivity contribution in [3.05, 3.63) is 64.5 Å². The van der Waals surface area contributed by atoms with Crippen LogP contribution in [0.25, 0.3) is 22.3 Å². The molecule has 152 valence electrons. The Morgan fingerprint density at radius 2 is 2.10 bits per heavy atom. The minimum Gasteiger partial charge on any atom is -0.376 e. The number of thioether (sulfide) groups is 1. The summed E-state index contributed by atoms with van der Waals surface area (Å²) in [5, 5.41) is 6.84. The number of ether oxygens (including phenoxy) is 1. The standard InChI is InChI=1S/C22H19N3O2S3/c26-21-19(30-22(28)24(21)14-17-8-4-10-27-17)12-15-13-25(16-6-2-1-3-7-16)23-20(15)18-9-5-11-29-18/h1-3,5-7,9,11-13,17H,4,8,10,14H2/b19-12-/t17-/m0/s1. The quantitative estimate of drug-likeness (QED) is 0.403. The highest BCUT2D eigenvalue weighted by Gasteiger charge is 2.35. The molecule has 0 radical (unpaired) electrons. The molecular formula is C22H19N3O2S3. The smallest absolute Gasteiger partial charge is 0.266 e. The Kier molecular flexibility index (Phi) is 5.56. The number of hydrogen-bond donors (Lipinski definition) is 0. The lowest BCUT2D eigenvalue weighted by molar-refractivity contribution is -0.123. The van der Waals surface area contributed by atoms with E-state index in [-0.39, 0.29) is 12.0 Å². The summed E-state index contributed by atoms with van der Waals surface area (Å²) in [6, 6.07) is 14.0. The van der Waals surface area contributed by atoms with Crippen molar-refractivity contribution in [2.45, 2.75) is 18.9 Å². The number of amides is 1. The topological polar surface area (TPSA) is 47.4 Å². The van der Waals surface area contributed by atoms with Crippen molar-refractivity contribution in [3.63, 3.8) is 0 Å². The van der Waals surface area contributed by atoms with Gasteiger partial charge in [-0.05, 0) is 42.5 Å². The lowest BCUT2D eigenvalue weighted by Gasteiger charge is -2.18. The van der Waals surface area contributed by atoms with Crippen LogP contribution in [0.1, 0.15) is 18.4 Å². The predicted molar refractivity (Wildman–Crippen MR) is 126 cm³/mol. The minimum atomic E-state index is -0.0508. The maximum Gasteiger partial charge on any atom is 0.266 e. The van der Waals surface area contributed by atoms with Gasteiger partial charge in [0.15, 0.2) is 0 Å². The van der Waals surface area contributed by atoms with E-state index in [0.29, 0.717) is 15.8 Å². The third-order valence-electron chi connectivity index (χ3n) is 5.09. The Bertz CT molecular complexity index is 1100. The number of rotatable bonds is 5. The van der Waals surface area contributed by atoms with E-state index in [1.54, 1.807) is 16.2 Å². The van der Waals surface area contributed by atoms with Crippen molar-refractivity contribution >= 4 is 51.6 Å². The predicted octanol–water partition coefficient (Wildman–Crippen LogP) is 4.98. The molecule has 5 rings (SSSR count). The van der Waals surface area contributed by atoms with E-state index >= 15 is 0 Å². The molecule has 1 amide bonds. The van der Waals surface area contributed by atoms with Crippen LogP contribution in [0.5, 0.6) is 0 Å². The molecule has 2 aliphatic heterocycles. The van der Waals surface area contributed by atoms with E-state index < -0.39 is 0 Å². The Morgan fingerprint density at radius 1 is 1.23 bits per heavy atom. The number of carbonyl (C=O) groups excluding carboxylic acids is 1. The summed E-state index contributed by atoms with van der Waals surface area (Å²) in [4.78, 5) is 16.4. The number of thiocarbonyl (C=S) groups is 1. The van der Waals surface area contributed by atoms with E-state index in [9.17, 15) is 4.79 Å². The average Bonchev–Trinajstić information content (AvgIpc) is 3.55. The molecule has 0 saturated carbocycles. The molecular weight excluding hydrogens is 434 g/mol. The molecule has 1 aromatic carbocycles. The van der Waals surface area contributed by atoms with Gasteiger partial charge in [-0.25, -0.2) is 4.68 Å². The molecule has 2 fully saturated rings. The second-order valence-corrected chi connectivity index (χ2v) is 9.74. The summed E-state index contributed by atoms with van der Waals surface area (Å²) in [6.07, 6.45) is 5.97. The second-order valence-electron chi connectivity index (χ2n) is 7.12. The first kappa shape index (κ1) is 19.7. The van der Waals surface area contributed by atoms with Gasteiger partial charge in [-0.1, -0.05) is 48.2 Å². The summed E-state index contributed by atoms with van der Waals surface area (Å²) in [5.74, 6) is -0.0508. The fraction of sp³-hybridized carbons (Fsp3) is 0.227. The number of carbonyl (C=O) groups is 1. The summed E-state index contributed by atoms with van der Waals surface area (Å²) < 4.78 is 8.14. The van der Waals surface area contributed by atoms with Crippen LogP contribution in [0.15, 0.2) is 58.9 Å². The molecule has 4 heterocycles. The van der Waals surface area contributed by atoms with Crippen LogP contribution in [0.3, 0.4) is 0 Å². The van der Waals surface area contributed by atoms with Crippen LogP contribution in [0.4, 0.5) is 0 Å². The van der Waals surface area contributed by atoms with E-state index in [2.05, 4.69) is 0 Å². The van der Waals surface area contributed by atoms with Crippen molar-refractivity contribution in [1.82, 2.24) is 14.7 Å². The van der Waals surface area contributed by atoms with Crippen LogP contribution in [-0.2, 0) is 9.53 Å². The Hall–Kier alpha value is -2.26. The number of benzene rings is 1. The molecule has 30 heavy (non-hydrogen) atoms. The largest absolute Gasteiger partial charge is 0.376 e. The van der Waals surface area contributed by atoms with Crippen LogP contribution in [-0.4, -0.2) is 44.2 Å². The van der Waals surface area contributed by atoms with Gasteiger partial charge in [-0.2, -0.15) is 5.10 Å². The summed E-state index contributed by atoms with van der Waals surface area (Å²) >= 11 is 8.47. The van der Waals surface area contributed by atoms with Crippen molar-refractivity contribution in [3.8, 4) is 16.3 Å². The van der Waals surface area contributed by atoms with Gasteiger partial charge in [-0.3, -0.25) is 9.69 Å². The maximum absolute atomic E-state index is 13.1. The van der Waals surface area contributed by atoms with Gasteiger partial charge in [0.1, 0.15) is 10.0 Å². The normalized spacial score (nSPS) is 20.6. The molecule has 0 aliphatic carbocycles. The van der Waals surface area contributed by atoms with E-state index in [4.69, 9.17) is 22.1 Å². The molecule has 3 aromatic rings. The molecule has 1 atom stereocenters. The van der Waals surface area contributed by atoms with E-state index in [0.717, 1.165) is 41.3 Å². The van der Waals surface area contributed by atoms with Crippen LogP contribution in [0, 0.1) is 0 Å². The first-order valence-electron chi connectivity index (χ1n) is 9.75. The van der Waals surface area contributed by atoms with Gasteiger partial charge in [-0.15, -0.1) is 11.3 Å². The first-order chi connectivity index (χ1) is 14.7. The number of nitrogens with zero attached hydrogens (tertiary/aromatic N) is 3. The van der Waals surface area contributed by atoms with Crippen molar-refractivity contribution in [2.24, 2.45) is 0 Å². The highest BCUT2D eigenvalue weighted by Crippen LogP contribution is 2.36. The molecule has 2 aliphatic rings. The van der Waals surface area contributed by atoms with Crippen molar-refractivity contribution in [1.29, 1.82) is 0 Å². The van der Waals surface area contributed by atoms with E-state index in [1.165, 1.54) is 11.8 Å². The Morgan fingerprint density at radius 3 is 2.83 bits per heavy atom. The fourth-order valence-corrected chi connectivity index (χ4v) is 5.60. The monoisotopic (exact) mass is 453 g/mol. The van der Waals surface area contributed by atoms with Gasteiger partial charge in [0.05, 0.1) is 28.1 Å². The minimum absolute atomic E-state index is 0.0508. The zero-order chi connectivity index (χ0) is 20.5. The zero-order valence-electron chi connectivity index (χ0n) is 16.1. The highest BCUT2D eigenvalue weighted by molar-refractivity contribution is 8.26. The van der Waals surface area contributed by atoms with Crippen LogP contribution in [0.2, 0.25) is 0 Å². The summed E-state index contributed by atoms with van der Waals surface area (Å²) in [5.41, 5.74) is 2.73. The third kappa shape index (κ3) is 3.88. The van der Waals surface area contributed by atoms with Crippen molar-refractivity contribution < 1.29 is 9.53 Å². The average molecular weight is 454 g/mol. The van der Waals surface area contributed by atoms with Gasteiger partial charge >= 0.3 is 0 Å². The summed E-state index contributed by atoms with van der Waals surface area (Å²) in [6.45, 7) is 1.29. The van der Waals surface area contributed by atoms with Gasteiger partial charge in [0, 0.05) is 18.4 Å². The summed E-state index contributed by atoms with van der Waals surface area (Å²) in [7, 11) is 0. The molecule has 2 saturated heterocycles. The lowest BCUT2D eigenvalue weighted by Crippen LogP contribution is -2.35. The van der Waals surface area contributed by atoms with Gasteiger partial charge in [0.2, 0.25) is 0 Å². The number of hydrogen-bond acceptors (Lipinski definition) is 6. The molecule has 0 bridgehead atoms. The maximum atomic E-state index is 13.1. The lowest BCUT2D eigenvalue weighted by atomic mass is 10.2. The van der Waals surface area contributed by atoms with E-state index in [1.807, 2.05) is 64.8 Å². The third-order valence-corrected chi connectivity index (χ3v) is 7.34. The van der Waals surface area contributed by atoms with Gasteiger partial charge in [0.25, 0.3) is 5.91 Å². The highest BCUT2D eigenvalue weighted by atomic mass is 32.2. The van der Waals surface area contributed by atoms with Crippen molar-refractivity contribution in [2.75, 3.05) is 13.2 Å². The number of thiophene rings is 1. The van der Waals surface area contributed by atoms with Crippen LogP contribution < -0.4 is 0 Å². The molecule has 0 unspecified atom stereocenters. The second kappa shape index (κ2) is 8.47. The Labute approximate surface area is 188 Å². The fourth-order valence-electron chi connectivity index (χ4n) is 3.60. The SMILES string of the molecule is O=C1/C(=C/c2cn(-c3ccccc3)nc2-c2cccs2)SC(=S)N1C[C@@H]1CCCO1. The Balaban J connectivity index is 1.49.